The van der Waals surface area contributed by atoms with Crippen LogP contribution in [0.2, 0.25) is 0 Å². The van der Waals surface area contributed by atoms with E-state index in [1.54, 1.807) is 26.0 Å². The fourth-order valence-corrected chi connectivity index (χ4v) is 1.59. The van der Waals surface area contributed by atoms with Crippen molar-refractivity contribution in [1.29, 1.82) is 0 Å². The number of carbonyl (C=O) groups is 2. The quantitative estimate of drug-likeness (QED) is 0.770. The third-order valence-corrected chi connectivity index (χ3v) is 2.74. The van der Waals surface area contributed by atoms with Crippen LogP contribution in [0.15, 0.2) is 24.3 Å². The van der Waals surface area contributed by atoms with Crippen LogP contribution in [-0.4, -0.2) is 24.3 Å². The van der Waals surface area contributed by atoms with Gasteiger partial charge in [0.1, 0.15) is 11.5 Å². The Balaban J connectivity index is 2.50. The van der Waals surface area contributed by atoms with Gasteiger partial charge in [-0.2, -0.15) is 0 Å². The van der Waals surface area contributed by atoms with Gasteiger partial charge in [0.05, 0.1) is 6.54 Å². The lowest BCUT2D eigenvalue weighted by Gasteiger charge is -2.14. The number of benzene rings is 1. The first-order valence-electron chi connectivity index (χ1n) is 6.49. The van der Waals surface area contributed by atoms with E-state index in [-0.39, 0.29) is 18.2 Å². The number of ether oxygens (including phenoxy) is 1. The summed E-state index contributed by atoms with van der Waals surface area (Å²) < 4.78 is 5.51. The highest BCUT2D eigenvalue weighted by molar-refractivity contribution is 5.80. The van der Waals surface area contributed by atoms with Crippen LogP contribution in [0.5, 0.6) is 5.75 Å². The second-order valence-corrected chi connectivity index (χ2v) is 4.53. The van der Waals surface area contributed by atoms with Crippen molar-refractivity contribution in [3.8, 4) is 18.1 Å². The molecule has 20 heavy (non-hydrogen) atoms. The monoisotopic (exact) mass is 273 g/mol. The summed E-state index contributed by atoms with van der Waals surface area (Å²) in [5.74, 6) is 2.87. The second kappa shape index (κ2) is 8.00. The average Bonchev–Trinajstić information content (AvgIpc) is 2.43. The van der Waals surface area contributed by atoms with Crippen LogP contribution < -0.4 is 10.1 Å². The largest absolute Gasteiger partial charge is 0.481 e. The number of aryl methyl sites for hydroxylation is 1. The van der Waals surface area contributed by atoms with Gasteiger partial charge in [-0.3, -0.25) is 4.79 Å². The van der Waals surface area contributed by atoms with Crippen LogP contribution in [0, 0.1) is 12.3 Å². The molecule has 0 spiro atoms. The standard InChI is InChI=1S/C16H19NO3/c1-4-11-17-16(19)13(3)20-15-9-7-14(8-10-15)6-5-12(2)18/h1,7-10,13H,5-6,11H2,2-3H3,(H,17,19). The van der Waals surface area contributed by atoms with Gasteiger partial charge in [0.15, 0.2) is 6.10 Å². The summed E-state index contributed by atoms with van der Waals surface area (Å²) in [5, 5.41) is 2.56. The molecule has 0 aliphatic carbocycles. The van der Waals surface area contributed by atoms with Gasteiger partial charge in [-0.05, 0) is 38.0 Å². The highest BCUT2D eigenvalue weighted by Crippen LogP contribution is 2.15. The number of hydrogen-bond acceptors (Lipinski definition) is 3. The lowest BCUT2D eigenvalue weighted by Crippen LogP contribution is -2.36. The number of terminal acetylenes is 1. The number of nitrogens with one attached hydrogen (secondary N) is 1. The molecule has 106 valence electrons. The Morgan fingerprint density at radius 3 is 2.55 bits per heavy atom. The number of rotatable bonds is 7. The predicted molar refractivity (Wildman–Crippen MR) is 77.4 cm³/mol. The summed E-state index contributed by atoms with van der Waals surface area (Å²) in [6.07, 6.45) is 5.71. The molecular formula is C16H19NO3. The van der Waals surface area contributed by atoms with Crippen LogP contribution in [0.1, 0.15) is 25.8 Å². The zero-order valence-electron chi connectivity index (χ0n) is 11.8. The molecule has 1 aromatic carbocycles. The Bertz CT molecular complexity index is 499. The Morgan fingerprint density at radius 2 is 2.00 bits per heavy atom. The first kappa shape index (κ1) is 15.8. The van der Waals surface area contributed by atoms with E-state index in [0.717, 1.165) is 5.56 Å². The number of Topliss-reactive ketones (excluding diaryl/α,β-unsaturated/α-hetero) is 1. The van der Waals surface area contributed by atoms with E-state index in [1.165, 1.54) is 0 Å². The highest BCUT2D eigenvalue weighted by atomic mass is 16.5. The zero-order valence-corrected chi connectivity index (χ0v) is 11.8. The minimum Gasteiger partial charge on any atom is -0.481 e. The Morgan fingerprint density at radius 1 is 1.35 bits per heavy atom. The second-order valence-electron chi connectivity index (χ2n) is 4.53. The minimum atomic E-state index is -0.605. The molecule has 0 bridgehead atoms. The average molecular weight is 273 g/mol. The normalized spacial score (nSPS) is 11.2. The maximum absolute atomic E-state index is 11.6. The van der Waals surface area contributed by atoms with Crippen molar-refractivity contribution in [2.24, 2.45) is 0 Å². The molecule has 1 unspecified atom stereocenters. The van der Waals surface area contributed by atoms with Gasteiger partial charge in [-0.1, -0.05) is 18.1 Å². The van der Waals surface area contributed by atoms with E-state index >= 15 is 0 Å². The summed E-state index contributed by atoms with van der Waals surface area (Å²) in [6.45, 7) is 3.43. The molecule has 0 aliphatic rings. The highest BCUT2D eigenvalue weighted by Gasteiger charge is 2.13. The van der Waals surface area contributed by atoms with Crippen LogP contribution >= 0.6 is 0 Å². The zero-order chi connectivity index (χ0) is 15.0. The van der Waals surface area contributed by atoms with E-state index < -0.39 is 6.10 Å². The molecule has 4 nitrogen and oxygen atoms in total. The molecule has 0 radical (unpaired) electrons. The molecule has 1 N–H and O–H groups in total. The number of carbonyl (C=O) groups excluding carboxylic acids is 2. The smallest absolute Gasteiger partial charge is 0.261 e. The fraction of sp³-hybridized carbons (Fsp3) is 0.375. The number of ketones is 1. The number of amides is 1. The molecule has 0 fully saturated rings. The predicted octanol–water partition coefficient (Wildman–Crippen LogP) is 1.72. The maximum atomic E-state index is 11.6. The molecular weight excluding hydrogens is 254 g/mol. The van der Waals surface area contributed by atoms with Crippen molar-refractivity contribution in [1.82, 2.24) is 5.32 Å². The van der Waals surface area contributed by atoms with Crippen molar-refractivity contribution < 1.29 is 14.3 Å². The molecule has 0 saturated carbocycles. The lowest BCUT2D eigenvalue weighted by atomic mass is 10.1. The van der Waals surface area contributed by atoms with Crippen molar-refractivity contribution in [2.75, 3.05) is 6.54 Å². The molecule has 0 saturated heterocycles. The summed E-state index contributed by atoms with van der Waals surface area (Å²) in [6, 6.07) is 7.37. The summed E-state index contributed by atoms with van der Waals surface area (Å²) >= 11 is 0. The van der Waals surface area contributed by atoms with Gasteiger partial charge in [-0.25, -0.2) is 0 Å². The Hall–Kier alpha value is -2.28. The first-order chi connectivity index (χ1) is 9.52. The van der Waals surface area contributed by atoms with Gasteiger partial charge in [0, 0.05) is 6.42 Å². The van der Waals surface area contributed by atoms with Crippen LogP contribution in [0.25, 0.3) is 0 Å². The first-order valence-corrected chi connectivity index (χ1v) is 6.49. The topological polar surface area (TPSA) is 55.4 Å². The summed E-state index contributed by atoms with van der Waals surface area (Å²) in [5.41, 5.74) is 1.07. The summed E-state index contributed by atoms with van der Waals surface area (Å²) in [7, 11) is 0. The lowest BCUT2D eigenvalue weighted by molar-refractivity contribution is -0.127. The van der Waals surface area contributed by atoms with Gasteiger partial charge >= 0.3 is 0 Å². The molecule has 0 aliphatic heterocycles. The minimum absolute atomic E-state index is 0.170. The van der Waals surface area contributed by atoms with Gasteiger partial charge in [0.25, 0.3) is 5.91 Å². The third-order valence-electron chi connectivity index (χ3n) is 2.74. The molecule has 1 atom stereocenters. The number of hydrogen-bond donors (Lipinski definition) is 1. The molecule has 1 aromatic rings. The van der Waals surface area contributed by atoms with Crippen LogP contribution in [0.4, 0.5) is 0 Å². The van der Waals surface area contributed by atoms with Gasteiger partial charge in [0.2, 0.25) is 0 Å². The fourth-order valence-electron chi connectivity index (χ4n) is 1.59. The third kappa shape index (κ3) is 5.57. The van der Waals surface area contributed by atoms with E-state index in [9.17, 15) is 9.59 Å². The van der Waals surface area contributed by atoms with Crippen LogP contribution in [-0.2, 0) is 16.0 Å². The van der Waals surface area contributed by atoms with Gasteiger partial charge in [-0.15, -0.1) is 6.42 Å². The molecule has 1 amide bonds. The Kier molecular flexibility index (Phi) is 6.31. The van der Waals surface area contributed by atoms with Crippen molar-refractivity contribution in [2.45, 2.75) is 32.8 Å². The van der Waals surface area contributed by atoms with E-state index in [1.807, 2.05) is 12.1 Å². The molecule has 4 heteroatoms. The Labute approximate surface area is 119 Å². The van der Waals surface area contributed by atoms with Crippen molar-refractivity contribution >= 4 is 11.7 Å². The SMILES string of the molecule is C#CCNC(=O)C(C)Oc1ccc(CCC(C)=O)cc1. The maximum Gasteiger partial charge on any atom is 0.261 e. The van der Waals surface area contributed by atoms with Crippen molar-refractivity contribution in [3.05, 3.63) is 29.8 Å². The van der Waals surface area contributed by atoms with Crippen LogP contribution in [0.3, 0.4) is 0 Å². The van der Waals surface area contributed by atoms with E-state index in [4.69, 9.17) is 11.2 Å². The van der Waals surface area contributed by atoms with E-state index in [2.05, 4.69) is 11.2 Å². The van der Waals surface area contributed by atoms with E-state index in [0.29, 0.717) is 18.6 Å². The molecule has 0 heterocycles. The summed E-state index contributed by atoms with van der Waals surface area (Å²) in [4.78, 5) is 22.5. The van der Waals surface area contributed by atoms with Gasteiger partial charge < -0.3 is 14.8 Å². The van der Waals surface area contributed by atoms with Crippen molar-refractivity contribution in [3.63, 3.8) is 0 Å². The molecule has 1 rings (SSSR count). The molecule has 0 aromatic heterocycles.